The lowest BCUT2D eigenvalue weighted by atomic mass is 10.0. The minimum absolute atomic E-state index is 0.409. The Bertz CT molecular complexity index is 520. The topological polar surface area (TPSA) is 70.4 Å². The van der Waals surface area contributed by atoms with Gasteiger partial charge in [0.2, 0.25) is 0 Å². The van der Waals surface area contributed by atoms with E-state index in [-0.39, 0.29) is 0 Å². The Labute approximate surface area is 90.0 Å². The fourth-order valence-electron chi connectivity index (χ4n) is 1.54. The van der Waals surface area contributed by atoms with Crippen molar-refractivity contribution in [1.29, 1.82) is 0 Å². The lowest BCUT2D eigenvalue weighted by Crippen LogP contribution is -2.10. The van der Waals surface area contributed by atoms with Crippen molar-refractivity contribution in [3.8, 4) is 0 Å². The van der Waals surface area contributed by atoms with E-state index in [1.165, 1.54) is 11.5 Å². The molecular weight excluding hydrogens is 214 g/mol. The van der Waals surface area contributed by atoms with Crippen LogP contribution in [-0.4, -0.2) is 20.6 Å². The second kappa shape index (κ2) is 3.60. The highest BCUT2D eigenvalue weighted by atomic mass is 32.1. The number of nitrogens with zero attached hydrogens (tertiary/aromatic N) is 1. The molecule has 0 amide bonds. The second-order valence-corrected chi connectivity index (χ2v) is 4.03. The highest BCUT2D eigenvalue weighted by Crippen LogP contribution is 2.29. The third-order valence-electron chi connectivity index (χ3n) is 2.23. The van der Waals surface area contributed by atoms with Gasteiger partial charge in [0.25, 0.3) is 0 Å². The van der Waals surface area contributed by atoms with Gasteiger partial charge in [0.15, 0.2) is 6.10 Å². The number of fused-ring (bicyclic) bond motifs is 1. The van der Waals surface area contributed by atoms with Crippen LogP contribution in [-0.2, 0) is 4.79 Å². The average Bonchev–Trinajstić information content (AvgIpc) is 2.59. The molecule has 1 atom stereocenters. The van der Waals surface area contributed by atoms with Gasteiger partial charge in [0.1, 0.15) is 0 Å². The first-order chi connectivity index (χ1) is 7.11. The van der Waals surface area contributed by atoms with E-state index in [2.05, 4.69) is 4.37 Å². The van der Waals surface area contributed by atoms with E-state index < -0.39 is 12.1 Å². The zero-order valence-corrected chi connectivity index (χ0v) is 8.78. The second-order valence-electron chi connectivity index (χ2n) is 3.23. The summed E-state index contributed by atoms with van der Waals surface area (Å²) in [4.78, 5) is 10.7. The summed E-state index contributed by atoms with van der Waals surface area (Å²) < 4.78 is 5.03. The number of hydrogen-bond donors (Lipinski definition) is 2. The summed E-state index contributed by atoms with van der Waals surface area (Å²) in [7, 11) is 0. The van der Waals surface area contributed by atoms with Gasteiger partial charge in [0, 0.05) is 10.9 Å². The van der Waals surface area contributed by atoms with Crippen molar-refractivity contribution in [3.05, 3.63) is 29.5 Å². The number of carboxylic acids is 1. The first kappa shape index (κ1) is 10.1. The van der Waals surface area contributed by atoms with E-state index in [0.29, 0.717) is 5.56 Å². The molecule has 0 aliphatic carbocycles. The summed E-state index contributed by atoms with van der Waals surface area (Å²) in [5.74, 6) is -1.24. The maximum Gasteiger partial charge on any atom is 0.337 e. The number of carboxylic acid groups (broad SMARTS) is 1. The molecule has 1 aromatic heterocycles. The Hall–Kier alpha value is -1.46. The predicted molar refractivity (Wildman–Crippen MR) is 57.0 cm³/mol. The number of benzene rings is 1. The van der Waals surface area contributed by atoms with Crippen molar-refractivity contribution in [2.75, 3.05) is 0 Å². The van der Waals surface area contributed by atoms with E-state index in [4.69, 9.17) is 5.11 Å². The van der Waals surface area contributed by atoms with Crippen molar-refractivity contribution in [2.24, 2.45) is 0 Å². The summed E-state index contributed by atoms with van der Waals surface area (Å²) in [6, 6.07) is 5.20. The number of hydrogen-bond acceptors (Lipinski definition) is 4. The van der Waals surface area contributed by atoms with Crippen LogP contribution >= 0.6 is 11.5 Å². The molecule has 2 rings (SSSR count). The standard InChI is InChI=1S/C10H9NO3S/c1-5-8-6(9(12)10(13)14)3-2-4-7(8)15-11-5/h2-4,9,12H,1H3,(H,13,14). The van der Waals surface area contributed by atoms with Crippen LogP contribution in [0.4, 0.5) is 0 Å². The number of aromatic nitrogens is 1. The van der Waals surface area contributed by atoms with Crippen LogP contribution in [0.3, 0.4) is 0 Å². The molecule has 78 valence electrons. The maximum atomic E-state index is 10.7. The minimum Gasteiger partial charge on any atom is -0.479 e. The molecule has 1 aromatic carbocycles. The predicted octanol–water partition coefficient (Wildman–Crippen LogP) is 1.72. The Kier molecular flexibility index (Phi) is 2.42. The monoisotopic (exact) mass is 223 g/mol. The number of aryl methyl sites for hydroxylation is 1. The van der Waals surface area contributed by atoms with E-state index in [1.807, 2.05) is 6.07 Å². The minimum atomic E-state index is -1.48. The highest BCUT2D eigenvalue weighted by Gasteiger charge is 2.20. The van der Waals surface area contributed by atoms with Crippen LogP contribution in [0, 0.1) is 6.92 Å². The van der Waals surface area contributed by atoms with E-state index in [0.717, 1.165) is 15.8 Å². The Morgan fingerprint density at radius 1 is 1.53 bits per heavy atom. The van der Waals surface area contributed by atoms with Crippen LogP contribution in [0.5, 0.6) is 0 Å². The molecule has 0 radical (unpaired) electrons. The molecule has 1 heterocycles. The fourth-order valence-corrected chi connectivity index (χ4v) is 2.36. The van der Waals surface area contributed by atoms with E-state index in [1.54, 1.807) is 19.1 Å². The van der Waals surface area contributed by atoms with Crippen molar-refractivity contribution in [1.82, 2.24) is 4.37 Å². The lowest BCUT2D eigenvalue weighted by molar-refractivity contribution is -0.146. The van der Waals surface area contributed by atoms with Gasteiger partial charge >= 0.3 is 5.97 Å². The largest absolute Gasteiger partial charge is 0.479 e. The molecule has 5 heteroatoms. The number of carbonyl (C=O) groups is 1. The molecule has 15 heavy (non-hydrogen) atoms. The number of aliphatic hydroxyl groups excluding tert-OH is 1. The van der Waals surface area contributed by atoms with Gasteiger partial charge in [-0.2, -0.15) is 4.37 Å². The molecule has 1 unspecified atom stereocenters. The number of aliphatic hydroxyl groups is 1. The van der Waals surface area contributed by atoms with Gasteiger partial charge in [-0.15, -0.1) is 0 Å². The van der Waals surface area contributed by atoms with E-state index in [9.17, 15) is 9.90 Å². The third-order valence-corrected chi connectivity index (χ3v) is 3.13. The summed E-state index contributed by atoms with van der Waals surface area (Å²) in [6.07, 6.45) is -1.48. The van der Waals surface area contributed by atoms with Gasteiger partial charge in [-0.1, -0.05) is 12.1 Å². The van der Waals surface area contributed by atoms with Gasteiger partial charge in [-0.3, -0.25) is 0 Å². The molecule has 0 fully saturated rings. The highest BCUT2D eigenvalue weighted by molar-refractivity contribution is 7.13. The molecule has 4 nitrogen and oxygen atoms in total. The summed E-state index contributed by atoms with van der Waals surface area (Å²) in [5, 5.41) is 19.0. The average molecular weight is 223 g/mol. The molecular formula is C10H9NO3S. The molecule has 0 spiro atoms. The van der Waals surface area contributed by atoms with Crippen LogP contribution in [0.15, 0.2) is 18.2 Å². The van der Waals surface area contributed by atoms with Crippen molar-refractivity contribution in [3.63, 3.8) is 0 Å². The molecule has 2 N–H and O–H groups in total. The molecule has 0 bridgehead atoms. The Balaban J connectivity index is 2.69. The van der Waals surface area contributed by atoms with Crippen molar-refractivity contribution in [2.45, 2.75) is 13.0 Å². The van der Waals surface area contributed by atoms with Crippen LogP contribution < -0.4 is 0 Å². The Morgan fingerprint density at radius 2 is 2.27 bits per heavy atom. The van der Waals surface area contributed by atoms with E-state index >= 15 is 0 Å². The third kappa shape index (κ3) is 1.60. The van der Waals surface area contributed by atoms with Crippen LogP contribution in [0.25, 0.3) is 10.1 Å². The SMILES string of the molecule is Cc1nsc2cccc(C(O)C(=O)O)c12. The van der Waals surface area contributed by atoms with Crippen LogP contribution in [0.2, 0.25) is 0 Å². The van der Waals surface area contributed by atoms with Gasteiger partial charge < -0.3 is 10.2 Å². The van der Waals surface area contributed by atoms with Crippen molar-refractivity contribution >= 4 is 27.6 Å². The van der Waals surface area contributed by atoms with Crippen LogP contribution in [0.1, 0.15) is 17.4 Å². The molecule has 0 saturated carbocycles. The molecule has 2 aromatic rings. The fraction of sp³-hybridized carbons (Fsp3) is 0.200. The first-order valence-corrected chi connectivity index (χ1v) is 5.14. The maximum absolute atomic E-state index is 10.7. The molecule has 0 aliphatic heterocycles. The van der Waals surface area contributed by atoms with Gasteiger partial charge in [-0.05, 0) is 24.5 Å². The van der Waals surface area contributed by atoms with Gasteiger partial charge in [-0.25, -0.2) is 4.79 Å². The molecule has 0 aliphatic rings. The zero-order chi connectivity index (χ0) is 11.0. The summed E-state index contributed by atoms with van der Waals surface area (Å²) >= 11 is 1.30. The summed E-state index contributed by atoms with van der Waals surface area (Å²) in [5.41, 5.74) is 1.16. The van der Waals surface area contributed by atoms with Crippen molar-refractivity contribution < 1.29 is 15.0 Å². The van der Waals surface area contributed by atoms with Gasteiger partial charge in [0.05, 0.1) is 10.4 Å². The smallest absolute Gasteiger partial charge is 0.337 e. The Morgan fingerprint density at radius 3 is 2.93 bits per heavy atom. The quantitative estimate of drug-likeness (QED) is 0.813. The lowest BCUT2D eigenvalue weighted by Gasteiger charge is -2.07. The normalized spacial score (nSPS) is 12.9. The first-order valence-electron chi connectivity index (χ1n) is 4.37. The zero-order valence-electron chi connectivity index (χ0n) is 7.97. The number of aliphatic carboxylic acids is 1. The molecule has 0 saturated heterocycles. The summed E-state index contributed by atoms with van der Waals surface area (Å²) in [6.45, 7) is 1.80. The number of rotatable bonds is 2.